The van der Waals surface area contributed by atoms with Crippen molar-refractivity contribution < 1.29 is 10.2 Å². The van der Waals surface area contributed by atoms with Crippen LogP contribution in [0.3, 0.4) is 0 Å². The molecular formula is C40H34N2O2. The molecule has 4 nitrogen and oxygen atoms in total. The molecule has 6 aromatic rings. The fraction of sp³-hybridized carbons (Fsp3) is 0.150. The third kappa shape index (κ3) is 5.35. The van der Waals surface area contributed by atoms with Crippen molar-refractivity contribution in [2.45, 2.75) is 37.8 Å². The molecule has 1 fully saturated rings. The van der Waals surface area contributed by atoms with Gasteiger partial charge in [0.25, 0.3) is 0 Å². The Morgan fingerprint density at radius 3 is 1.25 bits per heavy atom. The van der Waals surface area contributed by atoms with E-state index in [1.807, 2.05) is 60.7 Å². The molecule has 4 heteroatoms. The second kappa shape index (κ2) is 12.2. The Morgan fingerprint density at radius 1 is 0.432 bits per heavy atom. The van der Waals surface area contributed by atoms with E-state index in [1.54, 1.807) is 12.1 Å². The molecule has 0 radical (unpaired) electrons. The minimum Gasteiger partial charge on any atom is -0.507 e. The van der Waals surface area contributed by atoms with Gasteiger partial charge in [-0.25, -0.2) is 0 Å². The second-order valence-corrected chi connectivity index (χ2v) is 11.5. The lowest BCUT2D eigenvalue weighted by atomic mass is 9.88. The van der Waals surface area contributed by atoms with Gasteiger partial charge in [-0.15, -0.1) is 0 Å². The molecule has 44 heavy (non-hydrogen) atoms. The number of phenolic OH excluding ortho intramolecular Hbond substituents is 2. The normalized spacial score (nSPS) is 17.6. The predicted octanol–water partition coefficient (Wildman–Crippen LogP) is 9.09. The zero-order valence-corrected chi connectivity index (χ0v) is 24.5. The topological polar surface area (TPSA) is 65.2 Å². The SMILES string of the molecule is Oc1ccccc1C(=N[C@@H]1CCCC[C@H]1N=C(c1ccccc1O)c1cccc2ccccc12)c1cccc2ccccc12. The molecule has 0 aromatic heterocycles. The second-order valence-electron chi connectivity index (χ2n) is 11.5. The Hall–Kier alpha value is -5.22. The van der Waals surface area contributed by atoms with Crippen LogP contribution in [0.25, 0.3) is 21.5 Å². The molecule has 0 amide bonds. The van der Waals surface area contributed by atoms with Crippen molar-refractivity contribution in [2.24, 2.45) is 9.98 Å². The molecule has 7 rings (SSSR count). The summed E-state index contributed by atoms with van der Waals surface area (Å²) in [6.45, 7) is 0. The highest BCUT2D eigenvalue weighted by Gasteiger charge is 2.28. The van der Waals surface area contributed by atoms with E-state index in [2.05, 4.69) is 60.7 Å². The minimum atomic E-state index is -0.104. The van der Waals surface area contributed by atoms with Gasteiger partial charge in [0.2, 0.25) is 0 Å². The molecule has 0 bridgehead atoms. The third-order valence-electron chi connectivity index (χ3n) is 8.69. The molecule has 2 N–H and O–H groups in total. The number of aliphatic imine (C=N–C) groups is 2. The van der Waals surface area contributed by atoms with E-state index in [0.717, 1.165) is 69.8 Å². The van der Waals surface area contributed by atoms with Gasteiger partial charge in [-0.3, -0.25) is 9.98 Å². The predicted molar refractivity (Wildman–Crippen MR) is 181 cm³/mol. The Balaban J connectivity index is 1.42. The fourth-order valence-corrected chi connectivity index (χ4v) is 6.50. The molecule has 0 spiro atoms. The van der Waals surface area contributed by atoms with E-state index in [1.165, 1.54) is 0 Å². The molecule has 0 saturated heterocycles. The highest BCUT2D eigenvalue weighted by molar-refractivity contribution is 6.21. The first kappa shape index (κ1) is 27.6. The summed E-state index contributed by atoms with van der Waals surface area (Å²) in [7, 11) is 0. The maximum absolute atomic E-state index is 11.0. The van der Waals surface area contributed by atoms with E-state index in [0.29, 0.717) is 11.1 Å². The van der Waals surface area contributed by atoms with Crippen molar-refractivity contribution in [3.8, 4) is 11.5 Å². The molecule has 1 aliphatic rings. The van der Waals surface area contributed by atoms with Crippen molar-refractivity contribution in [3.05, 3.63) is 156 Å². The van der Waals surface area contributed by atoms with Gasteiger partial charge in [0, 0.05) is 22.3 Å². The van der Waals surface area contributed by atoms with Gasteiger partial charge < -0.3 is 10.2 Å². The van der Waals surface area contributed by atoms with Crippen LogP contribution in [0.1, 0.15) is 47.9 Å². The molecule has 0 aliphatic heterocycles. The van der Waals surface area contributed by atoms with Crippen LogP contribution in [0.5, 0.6) is 11.5 Å². The van der Waals surface area contributed by atoms with E-state index in [4.69, 9.17) is 9.98 Å². The third-order valence-corrected chi connectivity index (χ3v) is 8.69. The van der Waals surface area contributed by atoms with Crippen LogP contribution in [0.2, 0.25) is 0 Å². The molecule has 216 valence electrons. The lowest BCUT2D eigenvalue weighted by molar-refractivity contribution is 0.388. The summed E-state index contributed by atoms with van der Waals surface area (Å²) in [5.41, 5.74) is 4.97. The van der Waals surface area contributed by atoms with Crippen molar-refractivity contribution in [1.82, 2.24) is 0 Å². The Labute approximate surface area is 257 Å². The van der Waals surface area contributed by atoms with Gasteiger partial charge in [0.05, 0.1) is 23.5 Å². The van der Waals surface area contributed by atoms with Crippen LogP contribution in [-0.4, -0.2) is 33.7 Å². The Bertz CT molecular complexity index is 1870. The van der Waals surface area contributed by atoms with Gasteiger partial charge in [-0.05, 0) is 58.7 Å². The number of benzene rings is 6. The summed E-state index contributed by atoms with van der Waals surface area (Å²) in [5.74, 6) is 0.418. The van der Waals surface area contributed by atoms with E-state index in [9.17, 15) is 10.2 Å². The molecule has 1 saturated carbocycles. The Kier molecular flexibility index (Phi) is 7.64. The number of rotatable bonds is 6. The number of phenols is 2. The standard InChI is InChI=1S/C40H34N2O2/c43-37-25-9-5-19-33(37)39(31-21-11-15-27-13-1-3-17-29(27)31)41-35-23-7-8-24-36(35)42-40(34-20-6-10-26-38(34)44)32-22-12-16-28-14-2-4-18-30(28)32/h1-6,9-22,25-26,35-36,43-44H,7-8,23-24H2/t35-,36-/m1/s1. The number of aromatic hydroxyl groups is 2. The molecular weight excluding hydrogens is 540 g/mol. The summed E-state index contributed by atoms with van der Waals surface area (Å²) in [4.78, 5) is 11.0. The van der Waals surface area contributed by atoms with Crippen LogP contribution in [0.4, 0.5) is 0 Å². The maximum atomic E-state index is 11.0. The highest BCUT2D eigenvalue weighted by atomic mass is 16.3. The summed E-state index contributed by atoms with van der Waals surface area (Å²) >= 11 is 0. The van der Waals surface area contributed by atoms with Crippen LogP contribution >= 0.6 is 0 Å². The first-order valence-electron chi connectivity index (χ1n) is 15.4. The van der Waals surface area contributed by atoms with Gasteiger partial charge in [-0.1, -0.05) is 122 Å². The smallest absolute Gasteiger partial charge is 0.124 e. The number of nitrogens with zero attached hydrogens (tertiary/aromatic N) is 2. The molecule has 0 heterocycles. The molecule has 0 unspecified atom stereocenters. The monoisotopic (exact) mass is 574 g/mol. The fourth-order valence-electron chi connectivity index (χ4n) is 6.50. The number of hydrogen-bond donors (Lipinski definition) is 2. The zero-order valence-electron chi connectivity index (χ0n) is 24.5. The van der Waals surface area contributed by atoms with Gasteiger partial charge >= 0.3 is 0 Å². The van der Waals surface area contributed by atoms with Gasteiger partial charge in [-0.2, -0.15) is 0 Å². The highest BCUT2D eigenvalue weighted by Crippen LogP contribution is 2.33. The summed E-state index contributed by atoms with van der Waals surface area (Å²) < 4.78 is 0. The van der Waals surface area contributed by atoms with Crippen molar-refractivity contribution in [1.29, 1.82) is 0 Å². The zero-order chi connectivity index (χ0) is 29.9. The van der Waals surface area contributed by atoms with Crippen LogP contribution < -0.4 is 0 Å². The van der Waals surface area contributed by atoms with Gasteiger partial charge in [0.15, 0.2) is 0 Å². The van der Waals surface area contributed by atoms with Crippen molar-refractivity contribution >= 4 is 33.0 Å². The average Bonchev–Trinajstić information content (AvgIpc) is 3.07. The van der Waals surface area contributed by atoms with Gasteiger partial charge in [0.1, 0.15) is 11.5 Å². The minimum absolute atomic E-state index is 0.104. The Morgan fingerprint density at radius 2 is 0.795 bits per heavy atom. The van der Waals surface area contributed by atoms with E-state index < -0.39 is 0 Å². The largest absolute Gasteiger partial charge is 0.507 e. The summed E-state index contributed by atoms with van der Waals surface area (Å²) in [6, 6.07) is 43.9. The maximum Gasteiger partial charge on any atom is 0.124 e. The number of para-hydroxylation sites is 2. The lowest BCUT2D eigenvalue weighted by Crippen LogP contribution is -2.30. The van der Waals surface area contributed by atoms with Crippen LogP contribution in [0.15, 0.2) is 143 Å². The van der Waals surface area contributed by atoms with E-state index >= 15 is 0 Å². The quantitative estimate of drug-likeness (QED) is 0.195. The molecule has 6 aromatic carbocycles. The lowest BCUT2D eigenvalue weighted by Gasteiger charge is -2.28. The van der Waals surface area contributed by atoms with Crippen molar-refractivity contribution in [3.63, 3.8) is 0 Å². The molecule has 2 atom stereocenters. The first-order chi connectivity index (χ1) is 21.7. The van der Waals surface area contributed by atoms with Crippen molar-refractivity contribution in [2.75, 3.05) is 0 Å². The number of hydrogen-bond acceptors (Lipinski definition) is 4. The first-order valence-corrected chi connectivity index (χ1v) is 15.4. The average molecular weight is 575 g/mol. The molecule has 1 aliphatic carbocycles. The number of fused-ring (bicyclic) bond motifs is 2. The summed E-state index contributed by atoms with van der Waals surface area (Å²) in [5, 5.41) is 26.5. The van der Waals surface area contributed by atoms with Crippen LogP contribution in [0, 0.1) is 0 Å². The van der Waals surface area contributed by atoms with Crippen LogP contribution in [-0.2, 0) is 0 Å². The summed E-state index contributed by atoms with van der Waals surface area (Å²) in [6.07, 6.45) is 3.90. The van der Waals surface area contributed by atoms with E-state index in [-0.39, 0.29) is 23.6 Å².